The van der Waals surface area contributed by atoms with E-state index in [-0.39, 0.29) is 41.8 Å². The molecular formula is C28H29BrClN3O6. The van der Waals surface area contributed by atoms with E-state index >= 15 is 0 Å². The molecule has 206 valence electrons. The maximum absolute atomic E-state index is 13.3. The molecule has 1 heterocycles. The highest BCUT2D eigenvalue weighted by atomic mass is 79.9. The number of rotatable bonds is 9. The van der Waals surface area contributed by atoms with E-state index < -0.39 is 12.0 Å². The van der Waals surface area contributed by atoms with Crippen molar-refractivity contribution in [2.24, 2.45) is 5.92 Å². The quantitative estimate of drug-likeness (QED) is 0.325. The average Bonchev–Trinajstić information content (AvgIpc) is 3.30. The van der Waals surface area contributed by atoms with Crippen LogP contribution in [-0.2, 0) is 9.53 Å². The number of amides is 3. The molecule has 0 saturated carbocycles. The van der Waals surface area contributed by atoms with Crippen molar-refractivity contribution in [2.45, 2.75) is 30.7 Å². The van der Waals surface area contributed by atoms with Crippen molar-refractivity contribution in [3.05, 3.63) is 82.2 Å². The number of methoxy groups -OCH3 is 1. The van der Waals surface area contributed by atoms with Crippen molar-refractivity contribution in [2.75, 3.05) is 25.6 Å². The number of nitrogens with zero attached hydrogens (tertiary/aromatic N) is 1. The summed E-state index contributed by atoms with van der Waals surface area (Å²) in [7, 11) is 1.54. The summed E-state index contributed by atoms with van der Waals surface area (Å²) in [5.41, 5.74) is 1.35. The number of hydrogen-bond acceptors (Lipinski definition) is 5. The number of halogens is 2. The summed E-state index contributed by atoms with van der Waals surface area (Å²) in [5, 5.41) is 14.5. The largest absolute Gasteiger partial charge is 0.499 e. The molecule has 3 amide bonds. The van der Waals surface area contributed by atoms with Crippen molar-refractivity contribution in [3.8, 4) is 5.75 Å². The number of carboxylic acids is 1. The van der Waals surface area contributed by atoms with E-state index in [1.807, 2.05) is 24.3 Å². The Morgan fingerprint density at radius 2 is 1.87 bits per heavy atom. The third-order valence-corrected chi connectivity index (χ3v) is 7.57. The molecule has 0 spiro atoms. The Morgan fingerprint density at radius 1 is 1.13 bits per heavy atom. The van der Waals surface area contributed by atoms with Crippen molar-refractivity contribution in [1.29, 1.82) is 0 Å². The Bertz CT molecular complexity index is 1280. The van der Waals surface area contributed by atoms with Crippen molar-refractivity contribution >= 4 is 51.1 Å². The third kappa shape index (κ3) is 7.54. The van der Waals surface area contributed by atoms with Gasteiger partial charge in [-0.3, -0.25) is 4.79 Å². The molecule has 11 heteroatoms. The second kappa shape index (κ2) is 13.0. The van der Waals surface area contributed by atoms with Gasteiger partial charge in [0.15, 0.2) is 0 Å². The van der Waals surface area contributed by atoms with Gasteiger partial charge in [-0.2, -0.15) is 0 Å². The number of ether oxygens (including phenoxy) is 2. The summed E-state index contributed by atoms with van der Waals surface area (Å²) in [4.78, 5) is 38.6. The molecular weight excluding hydrogens is 590 g/mol. The molecule has 1 saturated heterocycles. The number of urea groups is 1. The highest BCUT2D eigenvalue weighted by molar-refractivity contribution is 9.10. The van der Waals surface area contributed by atoms with Gasteiger partial charge in [0.05, 0.1) is 35.5 Å². The van der Waals surface area contributed by atoms with Gasteiger partial charge in [-0.25, -0.2) is 9.59 Å². The number of nitrogens with one attached hydrogen (secondary N) is 2. The summed E-state index contributed by atoms with van der Waals surface area (Å²) >= 11 is 9.81. The highest BCUT2D eigenvalue weighted by Gasteiger charge is 2.35. The Hall–Kier alpha value is -3.50. The second-order valence-electron chi connectivity index (χ2n) is 9.30. The molecule has 4 rings (SSSR count). The summed E-state index contributed by atoms with van der Waals surface area (Å²) in [6.07, 6.45) is 4.98. The first-order chi connectivity index (χ1) is 18.7. The van der Waals surface area contributed by atoms with Gasteiger partial charge < -0.3 is 30.1 Å². The first-order valence-electron chi connectivity index (χ1n) is 12.4. The molecule has 9 nitrogen and oxygen atoms in total. The zero-order valence-electron chi connectivity index (χ0n) is 21.2. The maximum atomic E-state index is 13.3. The van der Waals surface area contributed by atoms with Gasteiger partial charge in [0.1, 0.15) is 18.1 Å². The van der Waals surface area contributed by atoms with E-state index in [1.54, 1.807) is 29.2 Å². The molecule has 1 fully saturated rings. The molecule has 2 aromatic rings. The number of anilines is 1. The van der Waals surface area contributed by atoms with Crippen LogP contribution in [0.15, 0.2) is 76.6 Å². The summed E-state index contributed by atoms with van der Waals surface area (Å²) in [6.45, 7) is 0.684. The summed E-state index contributed by atoms with van der Waals surface area (Å²) in [5.74, 6) is -0.0444. The molecule has 0 radical (unpaired) electrons. The number of carbonyl (C=O) groups is 3. The number of para-hydroxylation sites is 1. The molecule has 0 unspecified atom stereocenters. The molecule has 1 aliphatic carbocycles. The fraction of sp³-hybridized carbons (Fsp3) is 0.321. The van der Waals surface area contributed by atoms with Gasteiger partial charge >= 0.3 is 12.0 Å². The SMILES string of the molecule is COC1=C(NC(=O)Nc2ccccc2Br)C=C[C@@H](CC(=O)N2C[C@@H](Cl)C[C@H]2COc2ccc(C(=O)O)cc2)C1. The van der Waals surface area contributed by atoms with Gasteiger partial charge in [-0.15, -0.1) is 11.6 Å². The topological polar surface area (TPSA) is 117 Å². The fourth-order valence-corrected chi connectivity index (χ4v) is 5.31. The minimum absolute atomic E-state index is 0.0406. The van der Waals surface area contributed by atoms with Crippen LogP contribution in [0.2, 0.25) is 0 Å². The summed E-state index contributed by atoms with van der Waals surface area (Å²) < 4.78 is 12.1. The smallest absolute Gasteiger partial charge is 0.335 e. The van der Waals surface area contributed by atoms with Crippen LogP contribution in [0.4, 0.5) is 10.5 Å². The zero-order valence-corrected chi connectivity index (χ0v) is 23.6. The van der Waals surface area contributed by atoms with Gasteiger partial charge in [0.25, 0.3) is 0 Å². The van der Waals surface area contributed by atoms with Gasteiger partial charge in [-0.1, -0.05) is 18.2 Å². The number of hydrogen-bond donors (Lipinski definition) is 3. The van der Waals surface area contributed by atoms with Gasteiger partial charge in [0.2, 0.25) is 5.91 Å². The highest BCUT2D eigenvalue weighted by Crippen LogP contribution is 2.30. The molecule has 3 N–H and O–H groups in total. The molecule has 0 bridgehead atoms. The Kier molecular flexibility index (Phi) is 9.53. The average molecular weight is 619 g/mol. The van der Waals surface area contributed by atoms with E-state index in [9.17, 15) is 14.4 Å². The standard InChI is InChI=1S/C28H29BrClN3O6/c1-38-25-12-17(6-11-24(25)32-28(37)31-23-5-3-2-4-22(23)29)13-26(34)33-15-19(30)14-20(33)16-39-21-9-7-18(8-10-21)27(35)36/h2-11,17,19-20H,12-16H2,1H3,(H,35,36)(H2,31,32,37)/t17-,19+,20+/m1/s1. The molecule has 0 aromatic heterocycles. The minimum atomic E-state index is -1.01. The van der Waals surface area contributed by atoms with E-state index in [1.165, 1.54) is 19.2 Å². The zero-order chi connectivity index (χ0) is 27.9. The molecule has 39 heavy (non-hydrogen) atoms. The predicted molar refractivity (Wildman–Crippen MR) is 151 cm³/mol. The first-order valence-corrected chi connectivity index (χ1v) is 13.6. The van der Waals surface area contributed by atoms with Crippen LogP contribution in [0.3, 0.4) is 0 Å². The van der Waals surface area contributed by atoms with Crippen molar-refractivity contribution in [1.82, 2.24) is 10.2 Å². The van der Waals surface area contributed by atoms with Crippen LogP contribution in [0, 0.1) is 5.92 Å². The lowest BCUT2D eigenvalue weighted by Crippen LogP contribution is -2.40. The normalized spacial score (nSPS) is 20.5. The van der Waals surface area contributed by atoms with Crippen molar-refractivity contribution in [3.63, 3.8) is 0 Å². The van der Waals surface area contributed by atoms with Crippen molar-refractivity contribution < 1.29 is 29.0 Å². The lowest BCUT2D eigenvalue weighted by Gasteiger charge is -2.27. The monoisotopic (exact) mass is 617 g/mol. The van der Waals surface area contributed by atoms with Crippen LogP contribution in [0.1, 0.15) is 29.6 Å². The van der Waals surface area contributed by atoms with Crippen LogP contribution in [0.5, 0.6) is 5.75 Å². The van der Waals surface area contributed by atoms with Gasteiger partial charge in [-0.05, 0) is 70.7 Å². The van der Waals surface area contributed by atoms with Crippen LogP contribution in [0.25, 0.3) is 0 Å². The predicted octanol–water partition coefficient (Wildman–Crippen LogP) is 5.38. The van der Waals surface area contributed by atoms with Crippen LogP contribution in [-0.4, -0.2) is 59.6 Å². The minimum Gasteiger partial charge on any atom is -0.499 e. The van der Waals surface area contributed by atoms with Crippen LogP contribution >= 0.6 is 27.5 Å². The number of allylic oxidation sites excluding steroid dienone is 3. The van der Waals surface area contributed by atoms with E-state index in [2.05, 4.69) is 26.6 Å². The Morgan fingerprint density at radius 3 is 2.56 bits per heavy atom. The molecule has 2 aromatic carbocycles. The fourth-order valence-electron chi connectivity index (χ4n) is 4.58. The third-order valence-electron chi connectivity index (χ3n) is 6.56. The van der Waals surface area contributed by atoms with Crippen LogP contribution < -0.4 is 15.4 Å². The maximum Gasteiger partial charge on any atom is 0.335 e. The number of alkyl halides is 1. The Labute approximate surface area is 239 Å². The molecule has 1 aliphatic heterocycles. The van der Waals surface area contributed by atoms with E-state index in [0.29, 0.717) is 42.3 Å². The Balaban J connectivity index is 1.32. The first kappa shape index (κ1) is 28.5. The lowest BCUT2D eigenvalue weighted by atomic mass is 9.93. The van der Waals surface area contributed by atoms with E-state index in [4.69, 9.17) is 26.2 Å². The summed E-state index contributed by atoms with van der Waals surface area (Å²) in [6, 6.07) is 12.8. The molecule has 2 aliphatic rings. The number of benzene rings is 2. The number of carboxylic acid groups (broad SMARTS) is 1. The van der Waals surface area contributed by atoms with E-state index in [0.717, 1.165) is 4.47 Å². The number of carbonyl (C=O) groups excluding carboxylic acids is 2. The number of aromatic carboxylic acids is 1. The second-order valence-corrected chi connectivity index (χ2v) is 10.8. The molecule has 3 atom stereocenters. The lowest BCUT2D eigenvalue weighted by molar-refractivity contribution is -0.133. The number of likely N-dealkylation sites (tertiary alicyclic amines) is 1. The van der Waals surface area contributed by atoms with Gasteiger partial charge in [0, 0.05) is 23.9 Å².